The summed E-state index contributed by atoms with van der Waals surface area (Å²) in [6, 6.07) is 4.69. The Morgan fingerprint density at radius 1 is 1.38 bits per heavy atom. The fraction of sp³-hybridized carbons (Fsp3) is 0.692. The van der Waals surface area contributed by atoms with E-state index < -0.39 is 0 Å². The molecule has 1 rings (SSSR count). The van der Waals surface area contributed by atoms with Crippen molar-refractivity contribution in [2.45, 2.75) is 46.6 Å². The summed E-state index contributed by atoms with van der Waals surface area (Å²) in [5.41, 5.74) is 0.317. The summed E-state index contributed by atoms with van der Waals surface area (Å²) in [5, 5.41) is 3.57. The summed E-state index contributed by atoms with van der Waals surface area (Å²) in [6.45, 7) is 10.1. The second-order valence-electron chi connectivity index (χ2n) is 5.22. The Morgan fingerprint density at radius 2 is 2.06 bits per heavy atom. The highest BCUT2D eigenvalue weighted by Gasteiger charge is 2.23. The molecule has 0 saturated heterocycles. The van der Waals surface area contributed by atoms with Crippen LogP contribution in [0.15, 0.2) is 12.1 Å². The Balaban J connectivity index is 2.50. The summed E-state index contributed by atoms with van der Waals surface area (Å²) in [4.78, 5) is 1.39. The standard InChI is InChI=1S/C13H22ClNS/c1-5-15-11(13(2,3)4)8-6-10-7-9-12(14)16-10/h7,9,11,15H,5-6,8H2,1-4H3. The summed E-state index contributed by atoms with van der Waals surface area (Å²) < 4.78 is 0.894. The van der Waals surface area contributed by atoms with Crippen molar-refractivity contribution in [3.8, 4) is 0 Å². The molecule has 16 heavy (non-hydrogen) atoms. The summed E-state index contributed by atoms with van der Waals surface area (Å²) in [6.07, 6.45) is 2.29. The average molecular weight is 260 g/mol. The molecular formula is C13H22ClNS. The molecule has 0 aliphatic heterocycles. The van der Waals surface area contributed by atoms with E-state index in [-0.39, 0.29) is 0 Å². The second kappa shape index (κ2) is 6.04. The van der Waals surface area contributed by atoms with Crippen LogP contribution in [0.2, 0.25) is 4.34 Å². The molecule has 0 radical (unpaired) electrons. The van der Waals surface area contributed by atoms with Crippen molar-refractivity contribution in [2.75, 3.05) is 6.54 Å². The maximum absolute atomic E-state index is 5.93. The topological polar surface area (TPSA) is 12.0 Å². The number of halogens is 1. The Bertz CT molecular complexity index is 314. The Hall–Kier alpha value is -0.0500. The van der Waals surface area contributed by atoms with Gasteiger partial charge in [0.1, 0.15) is 0 Å². The number of thiophene rings is 1. The van der Waals surface area contributed by atoms with Crippen LogP contribution >= 0.6 is 22.9 Å². The van der Waals surface area contributed by atoms with Crippen molar-refractivity contribution in [2.24, 2.45) is 5.41 Å². The van der Waals surface area contributed by atoms with Gasteiger partial charge < -0.3 is 5.32 Å². The lowest BCUT2D eigenvalue weighted by atomic mass is 9.84. The van der Waals surface area contributed by atoms with Crippen molar-refractivity contribution < 1.29 is 0 Å². The van der Waals surface area contributed by atoms with Crippen LogP contribution in [0.25, 0.3) is 0 Å². The minimum Gasteiger partial charge on any atom is -0.314 e. The number of rotatable bonds is 5. The second-order valence-corrected chi connectivity index (χ2v) is 7.02. The monoisotopic (exact) mass is 259 g/mol. The quantitative estimate of drug-likeness (QED) is 0.829. The molecule has 1 nitrogen and oxygen atoms in total. The lowest BCUT2D eigenvalue weighted by molar-refractivity contribution is 0.259. The number of hydrogen-bond acceptors (Lipinski definition) is 2. The molecule has 0 saturated carbocycles. The fourth-order valence-corrected chi connectivity index (χ4v) is 2.96. The van der Waals surface area contributed by atoms with Gasteiger partial charge in [-0.2, -0.15) is 0 Å². The Kier molecular flexibility index (Phi) is 5.29. The van der Waals surface area contributed by atoms with Crippen LogP contribution < -0.4 is 5.32 Å². The molecule has 1 unspecified atom stereocenters. The van der Waals surface area contributed by atoms with Gasteiger partial charge in [0.05, 0.1) is 4.34 Å². The first-order valence-corrected chi connectivity index (χ1v) is 7.10. The van der Waals surface area contributed by atoms with Gasteiger partial charge in [0.15, 0.2) is 0 Å². The van der Waals surface area contributed by atoms with Gasteiger partial charge in [0.2, 0.25) is 0 Å². The summed E-state index contributed by atoms with van der Waals surface area (Å²) in [7, 11) is 0. The molecule has 0 fully saturated rings. The Labute approximate surface area is 108 Å². The van der Waals surface area contributed by atoms with Gasteiger partial charge in [-0.05, 0) is 36.9 Å². The van der Waals surface area contributed by atoms with Crippen LogP contribution in [0.3, 0.4) is 0 Å². The third-order valence-electron chi connectivity index (χ3n) is 2.80. The molecule has 0 bridgehead atoms. The molecule has 1 aromatic rings. The van der Waals surface area contributed by atoms with E-state index in [9.17, 15) is 0 Å². The molecule has 1 heterocycles. The van der Waals surface area contributed by atoms with E-state index in [0.717, 1.165) is 17.3 Å². The van der Waals surface area contributed by atoms with Crippen molar-refractivity contribution in [1.82, 2.24) is 5.32 Å². The van der Waals surface area contributed by atoms with Crippen LogP contribution in [-0.4, -0.2) is 12.6 Å². The van der Waals surface area contributed by atoms with Gasteiger partial charge in [-0.15, -0.1) is 11.3 Å². The SMILES string of the molecule is CCNC(CCc1ccc(Cl)s1)C(C)(C)C. The van der Waals surface area contributed by atoms with Crippen LogP contribution in [0.4, 0.5) is 0 Å². The van der Waals surface area contributed by atoms with E-state index in [1.165, 1.54) is 11.3 Å². The molecular weight excluding hydrogens is 238 g/mol. The van der Waals surface area contributed by atoms with Gasteiger partial charge in [0.25, 0.3) is 0 Å². The molecule has 0 spiro atoms. The van der Waals surface area contributed by atoms with E-state index in [2.05, 4.69) is 39.1 Å². The minimum absolute atomic E-state index is 0.317. The molecule has 1 aromatic heterocycles. The first kappa shape index (κ1) is 14.0. The molecule has 1 atom stereocenters. The highest BCUT2D eigenvalue weighted by molar-refractivity contribution is 7.16. The third kappa shape index (κ3) is 4.44. The van der Waals surface area contributed by atoms with Gasteiger partial charge in [-0.25, -0.2) is 0 Å². The molecule has 0 aliphatic carbocycles. The van der Waals surface area contributed by atoms with Crippen molar-refractivity contribution in [1.29, 1.82) is 0 Å². The van der Waals surface area contributed by atoms with E-state index in [0.29, 0.717) is 11.5 Å². The molecule has 0 aromatic carbocycles. The maximum atomic E-state index is 5.93. The zero-order valence-corrected chi connectivity index (χ0v) is 12.2. The molecule has 0 aliphatic rings. The van der Waals surface area contributed by atoms with Crippen LogP contribution in [0.5, 0.6) is 0 Å². The lowest BCUT2D eigenvalue weighted by Crippen LogP contribution is -2.40. The van der Waals surface area contributed by atoms with E-state index in [4.69, 9.17) is 11.6 Å². The van der Waals surface area contributed by atoms with Gasteiger partial charge >= 0.3 is 0 Å². The zero-order chi connectivity index (χ0) is 12.2. The largest absolute Gasteiger partial charge is 0.314 e. The molecule has 0 amide bonds. The maximum Gasteiger partial charge on any atom is 0.0931 e. The van der Waals surface area contributed by atoms with Crippen LogP contribution in [0.1, 0.15) is 39.0 Å². The first-order valence-electron chi connectivity index (χ1n) is 5.91. The molecule has 3 heteroatoms. The smallest absolute Gasteiger partial charge is 0.0931 e. The Morgan fingerprint density at radius 3 is 2.50 bits per heavy atom. The van der Waals surface area contributed by atoms with Crippen molar-refractivity contribution >= 4 is 22.9 Å². The minimum atomic E-state index is 0.317. The third-order valence-corrected chi connectivity index (χ3v) is 4.10. The molecule has 1 N–H and O–H groups in total. The normalized spacial score (nSPS) is 14.1. The van der Waals surface area contributed by atoms with Gasteiger partial charge in [0, 0.05) is 10.9 Å². The summed E-state index contributed by atoms with van der Waals surface area (Å²) in [5.74, 6) is 0. The highest BCUT2D eigenvalue weighted by Crippen LogP contribution is 2.26. The summed E-state index contributed by atoms with van der Waals surface area (Å²) >= 11 is 7.63. The number of aryl methyl sites for hydroxylation is 1. The van der Waals surface area contributed by atoms with Gasteiger partial charge in [-0.1, -0.05) is 39.3 Å². The predicted molar refractivity (Wildman–Crippen MR) is 74.6 cm³/mol. The number of nitrogens with one attached hydrogen (secondary N) is 1. The van der Waals surface area contributed by atoms with Gasteiger partial charge in [-0.3, -0.25) is 0 Å². The zero-order valence-electron chi connectivity index (χ0n) is 10.6. The van der Waals surface area contributed by atoms with Crippen LogP contribution in [-0.2, 0) is 6.42 Å². The van der Waals surface area contributed by atoms with Crippen LogP contribution in [0, 0.1) is 5.41 Å². The van der Waals surface area contributed by atoms with E-state index in [1.54, 1.807) is 11.3 Å². The number of hydrogen-bond donors (Lipinski definition) is 1. The van der Waals surface area contributed by atoms with E-state index in [1.807, 2.05) is 6.07 Å². The predicted octanol–water partition coefficient (Wildman–Crippen LogP) is 4.36. The molecule has 92 valence electrons. The highest BCUT2D eigenvalue weighted by atomic mass is 35.5. The van der Waals surface area contributed by atoms with Crippen molar-refractivity contribution in [3.05, 3.63) is 21.3 Å². The van der Waals surface area contributed by atoms with E-state index >= 15 is 0 Å². The first-order chi connectivity index (χ1) is 7.43. The fourth-order valence-electron chi connectivity index (χ4n) is 1.86. The van der Waals surface area contributed by atoms with Crippen molar-refractivity contribution in [3.63, 3.8) is 0 Å². The average Bonchev–Trinajstić information content (AvgIpc) is 2.57. The lowest BCUT2D eigenvalue weighted by Gasteiger charge is -2.31.